The van der Waals surface area contributed by atoms with Crippen molar-refractivity contribution in [2.24, 2.45) is 11.7 Å². The van der Waals surface area contributed by atoms with Gasteiger partial charge in [-0.15, -0.1) is 0 Å². The Kier molecular flexibility index (Phi) is 10.9. The van der Waals surface area contributed by atoms with Crippen LogP contribution in [0.1, 0.15) is 36.1 Å². The van der Waals surface area contributed by atoms with Crippen molar-refractivity contribution in [2.45, 2.75) is 50.8 Å². The van der Waals surface area contributed by atoms with Crippen LogP contribution in [0.3, 0.4) is 0 Å². The molecular formula is C31H39N3O5S. The molecule has 0 saturated carbocycles. The second-order valence-corrected chi connectivity index (χ2v) is 12.3. The number of nitrogens with one attached hydrogen (secondary N) is 1. The third kappa shape index (κ3) is 8.94. The molecule has 0 spiro atoms. The second-order valence-electron chi connectivity index (χ2n) is 10.3. The number of amides is 1. The molecule has 0 heterocycles. The monoisotopic (exact) mass is 565 g/mol. The number of benzene rings is 3. The molecule has 0 aliphatic rings. The Bertz CT molecular complexity index is 1380. The molecule has 0 fully saturated rings. The van der Waals surface area contributed by atoms with Gasteiger partial charge in [0.2, 0.25) is 10.0 Å². The second kappa shape index (κ2) is 14.1. The molecule has 0 unspecified atom stereocenters. The molecule has 0 aromatic heterocycles. The van der Waals surface area contributed by atoms with Crippen LogP contribution in [0, 0.1) is 12.8 Å². The molecule has 0 radical (unpaired) electrons. The van der Waals surface area contributed by atoms with Gasteiger partial charge in [0.25, 0.3) is 0 Å². The van der Waals surface area contributed by atoms with Crippen LogP contribution >= 0.6 is 0 Å². The van der Waals surface area contributed by atoms with Crippen molar-refractivity contribution < 1.29 is 23.1 Å². The van der Waals surface area contributed by atoms with Gasteiger partial charge in [0.05, 0.1) is 17.0 Å². The number of aliphatic hydroxyl groups excluding tert-OH is 1. The zero-order chi connectivity index (χ0) is 29.3. The van der Waals surface area contributed by atoms with Crippen molar-refractivity contribution in [3.05, 3.63) is 108 Å². The average Bonchev–Trinajstić information content (AvgIpc) is 2.92. The molecule has 8 nitrogen and oxygen atoms in total. The van der Waals surface area contributed by atoms with E-state index < -0.39 is 28.3 Å². The highest BCUT2D eigenvalue weighted by Crippen LogP contribution is 2.20. The normalized spacial score (nSPS) is 13.2. The van der Waals surface area contributed by atoms with Crippen LogP contribution in [-0.4, -0.2) is 49.2 Å². The lowest BCUT2D eigenvalue weighted by molar-refractivity contribution is 0.0873. The molecule has 40 heavy (non-hydrogen) atoms. The highest BCUT2D eigenvalue weighted by atomic mass is 32.2. The van der Waals surface area contributed by atoms with Crippen molar-refractivity contribution in [3.8, 4) is 0 Å². The van der Waals surface area contributed by atoms with E-state index in [2.05, 4.69) is 11.9 Å². The van der Waals surface area contributed by atoms with E-state index in [0.717, 1.165) is 22.3 Å². The number of hydrogen-bond donors (Lipinski definition) is 3. The smallest absolute Gasteiger partial charge is 0.407 e. The van der Waals surface area contributed by atoms with Gasteiger partial charge >= 0.3 is 6.09 Å². The van der Waals surface area contributed by atoms with E-state index in [9.17, 15) is 18.3 Å². The summed E-state index contributed by atoms with van der Waals surface area (Å²) in [5.74, 6) is 0.0123. The van der Waals surface area contributed by atoms with E-state index in [0.29, 0.717) is 5.70 Å². The van der Waals surface area contributed by atoms with Crippen LogP contribution in [-0.2, 0) is 27.8 Å². The first-order valence-electron chi connectivity index (χ1n) is 13.2. The fourth-order valence-electron chi connectivity index (χ4n) is 4.23. The van der Waals surface area contributed by atoms with E-state index in [1.807, 2.05) is 57.2 Å². The van der Waals surface area contributed by atoms with Gasteiger partial charge < -0.3 is 20.9 Å². The Morgan fingerprint density at radius 1 is 1.00 bits per heavy atom. The summed E-state index contributed by atoms with van der Waals surface area (Å²) in [6.07, 6.45) is -1.66. The summed E-state index contributed by atoms with van der Waals surface area (Å²) in [5, 5.41) is 14.1. The van der Waals surface area contributed by atoms with Gasteiger partial charge in [-0.25, -0.2) is 13.2 Å². The predicted molar refractivity (Wildman–Crippen MR) is 158 cm³/mol. The van der Waals surface area contributed by atoms with Crippen LogP contribution in [0.5, 0.6) is 0 Å². The van der Waals surface area contributed by atoms with Crippen molar-refractivity contribution in [1.82, 2.24) is 9.62 Å². The molecule has 0 bridgehead atoms. The molecule has 0 saturated heterocycles. The Hall–Kier alpha value is -3.66. The van der Waals surface area contributed by atoms with Gasteiger partial charge in [0.15, 0.2) is 0 Å². The molecule has 2 atom stereocenters. The predicted octanol–water partition coefficient (Wildman–Crippen LogP) is 4.47. The van der Waals surface area contributed by atoms with E-state index in [1.165, 1.54) is 4.31 Å². The van der Waals surface area contributed by atoms with Gasteiger partial charge in [0, 0.05) is 18.8 Å². The van der Waals surface area contributed by atoms with Gasteiger partial charge in [-0.1, -0.05) is 86.7 Å². The Labute approximate surface area is 237 Å². The first-order valence-corrected chi connectivity index (χ1v) is 14.7. The Morgan fingerprint density at radius 3 is 2.27 bits per heavy atom. The summed E-state index contributed by atoms with van der Waals surface area (Å²) in [6.45, 7) is 9.43. The summed E-state index contributed by atoms with van der Waals surface area (Å²) in [4.78, 5) is 13.0. The minimum absolute atomic E-state index is 0.0115. The number of carbonyl (C=O) groups is 1. The maximum absolute atomic E-state index is 13.5. The summed E-state index contributed by atoms with van der Waals surface area (Å²) in [6, 6.07) is 22.4. The van der Waals surface area contributed by atoms with Crippen molar-refractivity contribution in [3.63, 3.8) is 0 Å². The standard InChI is InChI=1S/C31H39N3O5S/c1-22(2)19-34(40(37,38)28-15-13-23(3)14-16-28)20-30(35)29(18-25-9-6-5-7-10-25)33-31(36)39-21-26-11-8-12-27(17-26)24(4)32/h5-17,22,29-30,35H,4,18-21,32H2,1-3H3,(H,33,36)/t29-,30+/m0/s1. The number of sulfonamides is 1. The molecule has 3 rings (SSSR count). The van der Waals surface area contributed by atoms with Gasteiger partial charge in [0.1, 0.15) is 6.61 Å². The largest absolute Gasteiger partial charge is 0.445 e. The van der Waals surface area contributed by atoms with E-state index in [4.69, 9.17) is 10.5 Å². The van der Waals surface area contributed by atoms with Gasteiger partial charge in [-0.3, -0.25) is 0 Å². The third-order valence-electron chi connectivity index (χ3n) is 6.35. The first-order chi connectivity index (χ1) is 19.0. The molecule has 0 aliphatic carbocycles. The molecule has 9 heteroatoms. The average molecular weight is 566 g/mol. The van der Waals surface area contributed by atoms with Crippen LogP contribution in [0.2, 0.25) is 0 Å². The maximum atomic E-state index is 13.5. The molecular weight excluding hydrogens is 526 g/mol. The number of nitrogens with two attached hydrogens (primary N) is 1. The maximum Gasteiger partial charge on any atom is 0.407 e. The fourth-order valence-corrected chi connectivity index (χ4v) is 5.85. The zero-order valence-corrected chi connectivity index (χ0v) is 24.1. The van der Waals surface area contributed by atoms with Crippen molar-refractivity contribution in [1.29, 1.82) is 0 Å². The Balaban J connectivity index is 1.79. The topological polar surface area (TPSA) is 122 Å². The fraction of sp³-hybridized carbons (Fsp3) is 0.323. The van der Waals surface area contributed by atoms with Gasteiger partial charge in [-0.2, -0.15) is 4.31 Å². The van der Waals surface area contributed by atoms with E-state index in [-0.39, 0.29) is 36.9 Å². The molecule has 3 aromatic carbocycles. The number of carbonyl (C=O) groups excluding carboxylic acids is 1. The highest BCUT2D eigenvalue weighted by Gasteiger charge is 2.31. The number of hydrogen-bond acceptors (Lipinski definition) is 6. The summed E-state index contributed by atoms with van der Waals surface area (Å²) in [7, 11) is -3.89. The highest BCUT2D eigenvalue weighted by molar-refractivity contribution is 7.89. The number of rotatable bonds is 13. The first kappa shape index (κ1) is 30.9. The van der Waals surface area contributed by atoms with Crippen molar-refractivity contribution >= 4 is 21.8 Å². The van der Waals surface area contributed by atoms with Crippen LogP contribution in [0.4, 0.5) is 4.79 Å². The van der Waals surface area contributed by atoms with Crippen molar-refractivity contribution in [2.75, 3.05) is 13.1 Å². The molecule has 214 valence electrons. The van der Waals surface area contributed by atoms with Crippen LogP contribution in [0.25, 0.3) is 5.70 Å². The molecule has 3 aromatic rings. The van der Waals surface area contributed by atoms with Crippen LogP contribution in [0.15, 0.2) is 90.3 Å². The Morgan fingerprint density at radius 2 is 1.65 bits per heavy atom. The third-order valence-corrected chi connectivity index (χ3v) is 8.20. The summed E-state index contributed by atoms with van der Waals surface area (Å²) < 4.78 is 33.8. The SMILES string of the molecule is C=C(N)c1cccc(COC(=O)N[C@@H](Cc2ccccc2)[C@H](O)CN(CC(C)C)S(=O)(=O)c2ccc(C)cc2)c1. The number of nitrogens with zero attached hydrogens (tertiary/aromatic N) is 1. The lowest BCUT2D eigenvalue weighted by atomic mass is 10.0. The molecule has 1 amide bonds. The lowest BCUT2D eigenvalue weighted by Crippen LogP contribution is -2.51. The number of ether oxygens (including phenoxy) is 1. The molecule has 0 aliphatic heterocycles. The van der Waals surface area contributed by atoms with Gasteiger partial charge in [-0.05, 0) is 54.2 Å². The minimum atomic E-state index is -3.89. The van der Waals surface area contributed by atoms with Crippen LogP contribution < -0.4 is 11.1 Å². The van der Waals surface area contributed by atoms with E-state index in [1.54, 1.807) is 42.5 Å². The lowest BCUT2D eigenvalue weighted by Gasteiger charge is -2.30. The summed E-state index contributed by atoms with van der Waals surface area (Å²) in [5.41, 5.74) is 9.45. The molecule has 4 N–H and O–H groups in total. The van der Waals surface area contributed by atoms with E-state index >= 15 is 0 Å². The number of aryl methyl sites for hydroxylation is 1. The zero-order valence-electron chi connectivity index (χ0n) is 23.3. The minimum Gasteiger partial charge on any atom is -0.445 e. The quantitative estimate of drug-likeness (QED) is 0.281. The summed E-state index contributed by atoms with van der Waals surface area (Å²) >= 11 is 0. The number of aliphatic hydroxyl groups is 1. The number of alkyl carbamates (subject to hydrolysis) is 1.